The van der Waals surface area contributed by atoms with Crippen molar-refractivity contribution < 1.29 is 4.79 Å². The van der Waals surface area contributed by atoms with Gasteiger partial charge in [0.1, 0.15) is 5.78 Å². The maximum absolute atomic E-state index is 12.2. The van der Waals surface area contributed by atoms with E-state index in [1.807, 2.05) is 6.92 Å². The lowest BCUT2D eigenvalue weighted by atomic mass is 9.37. The van der Waals surface area contributed by atoms with E-state index in [1.54, 1.807) is 0 Å². The van der Waals surface area contributed by atoms with Crippen LogP contribution in [-0.4, -0.2) is 5.78 Å². The highest BCUT2D eigenvalue weighted by molar-refractivity contribution is 5.83. The van der Waals surface area contributed by atoms with Crippen LogP contribution in [0.15, 0.2) is 0 Å². The predicted molar refractivity (Wildman–Crippen MR) is 67.6 cm³/mol. The largest absolute Gasteiger partial charge is 0.299 e. The molecular formula is C16H24O. The molecule has 0 aromatic carbocycles. The Bertz CT molecular complexity index is 374. The van der Waals surface area contributed by atoms with Gasteiger partial charge in [-0.3, -0.25) is 4.79 Å². The number of ketones is 1. The Balaban J connectivity index is 1.77. The first-order chi connectivity index (χ1) is 8.14. The SMILES string of the molecule is CC(=O)C12CC3CC(C1)C1CCCCC1(C3)C2. The number of hydrogen-bond acceptors (Lipinski definition) is 1. The molecule has 17 heavy (non-hydrogen) atoms. The lowest BCUT2D eigenvalue weighted by Crippen LogP contribution is -2.59. The number of Topliss-reactive ketones (excluding diaryl/α,β-unsaturated/α-hetero) is 1. The fourth-order valence-corrected chi connectivity index (χ4v) is 6.61. The van der Waals surface area contributed by atoms with E-state index in [1.165, 1.54) is 57.8 Å². The van der Waals surface area contributed by atoms with Crippen LogP contribution in [0.1, 0.15) is 64.7 Å². The molecule has 94 valence electrons. The van der Waals surface area contributed by atoms with Gasteiger partial charge in [-0.15, -0.1) is 0 Å². The summed E-state index contributed by atoms with van der Waals surface area (Å²) < 4.78 is 0. The summed E-state index contributed by atoms with van der Waals surface area (Å²) in [5, 5.41) is 0. The molecule has 0 aromatic rings. The van der Waals surface area contributed by atoms with Gasteiger partial charge in [0.25, 0.3) is 0 Å². The Kier molecular flexibility index (Phi) is 1.97. The third kappa shape index (κ3) is 1.24. The Morgan fingerprint density at radius 3 is 2.88 bits per heavy atom. The van der Waals surface area contributed by atoms with Crippen molar-refractivity contribution in [1.29, 1.82) is 0 Å². The lowest BCUT2D eigenvalue weighted by molar-refractivity contribution is -0.180. The van der Waals surface area contributed by atoms with E-state index in [0.717, 1.165) is 17.8 Å². The van der Waals surface area contributed by atoms with E-state index in [0.29, 0.717) is 11.2 Å². The molecule has 5 fully saturated rings. The van der Waals surface area contributed by atoms with Crippen LogP contribution in [0, 0.1) is 28.6 Å². The minimum atomic E-state index is 0.139. The summed E-state index contributed by atoms with van der Waals surface area (Å²) in [5.74, 6) is 3.34. The third-order valence-corrected chi connectivity index (χ3v) is 6.90. The first kappa shape index (κ1) is 10.6. The van der Waals surface area contributed by atoms with Gasteiger partial charge in [0, 0.05) is 5.41 Å². The van der Waals surface area contributed by atoms with Crippen LogP contribution >= 0.6 is 0 Å². The molecule has 5 aliphatic carbocycles. The highest BCUT2D eigenvalue weighted by atomic mass is 16.1. The van der Waals surface area contributed by atoms with Gasteiger partial charge in [-0.1, -0.05) is 12.8 Å². The monoisotopic (exact) mass is 232 g/mol. The van der Waals surface area contributed by atoms with Crippen molar-refractivity contribution in [1.82, 2.24) is 0 Å². The zero-order valence-electron chi connectivity index (χ0n) is 11.0. The van der Waals surface area contributed by atoms with Gasteiger partial charge in [0.2, 0.25) is 0 Å². The van der Waals surface area contributed by atoms with Crippen molar-refractivity contribution in [3.8, 4) is 0 Å². The number of rotatable bonds is 1. The predicted octanol–water partition coefficient (Wildman–Crippen LogP) is 3.96. The van der Waals surface area contributed by atoms with Gasteiger partial charge in [0.05, 0.1) is 0 Å². The van der Waals surface area contributed by atoms with Gasteiger partial charge in [-0.25, -0.2) is 0 Å². The van der Waals surface area contributed by atoms with E-state index in [2.05, 4.69) is 0 Å². The quantitative estimate of drug-likeness (QED) is 0.668. The normalized spacial score (nSPS) is 55.7. The third-order valence-electron chi connectivity index (χ3n) is 6.90. The summed E-state index contributed by atoms with van der Waals surface area (Å²) in [6, 6.07) is 0. The molecule has 5 rings (SSSR count). The van der Waals surface area contributed by atoms with E-state index in [-0.39, 0.29) is 5.41 Å². The molecule has 0 N–H and O–H groups in total. The summed E-state index contributed by atoms with van der Waals surface area (Å²) in [7, 11) is 0. The Morgan fingerprint density at radius 2 is 2.06 bits per heavy atom. The smallest absolute Gasteiger partial charge is 0.136 e. The van der Waals surface area contributed by atoms with Crippen molar-refractivity contribution in [2.75, 3.05) is 0 Å². The average molecular weight is 232 g/mol. The van der Waals surface area contributed by atoms with Crippen molar-refractivity contribution in [3.63, 3.8) is 0 Å². The van der Waals surface area contributed by atoms with Gasteiger partial charge in [-0.05, 0) is 75.0 Å². The maximum atomic E-state index is 12.2. The lowest BCUT2D eigenvalue weighted by Gasteiger charge is -2.66. The summed E-state index contributed by atoms with van der Waals surface area (Å²) in [4.78, 5) is 12.2. The first-order valence-corrected chi connectivity index (χ1v) is 7.65. The molecule has 0 saturated heterocycles. The highest BCUT2D eigenvalue weighted by Gasteiger charge is 2.63. The van der Waals surface area contributed by atoms with E-state index >= 15 is 0 Å². The van der Waals surface area contributed by atoms with Gasteiger partial charge >= 0.3 is 0 Å². The van der Waals surface area contributed by atoms with E-state index in [9.17, 15) is 4.79 Å². The topological polar surface area (TPSA) is 17.1 Å². The summed E-state index contributed by atoms with van der Waals surface area (Å²) in [6.07, 6.45) is 12.5. The molecule has 0 radical (unpaired) electrons. The number of carbonyl (C=O) groups excluding carboxylic acids is 1. The second-order valence-electron chi connectivity index (χ2n) is 7.70. The fraction of sp³-hybridized carbons (Fsp3) is 0.938. The Morgan fingerprint density at radius 1 is 1.18 bits per heavy atom. The summed E-state index contributed by atoms with van der Waals surface area (Å²) >= 11 is 0. The molecule has 1 spiro atoms. The summed E-state index contributed by atoms with van der Waals surface area (Å²) in [6.45, 7) is 1.88. The number of hydrogen-bond donors (Lipinski definition) is 0. The van der Waals surface area contributed by atoms with Crippen molar-refractivity contribution in [3.05, 3.63) is 0 Å². The molecule has 1 heteroatoms. The summed E-state index contributed by atoms with van der Waals surface area (Å²) in [5.41, 5.74) is 0.758. The van der Waals surface area contributed by atoms with Crippen molar-refractivity contribution in [2.45, 2.75) is 64.7 Å². The first-order valence-electron chi connectivity index (χ1n) is 7.65. The Hall–Kier alpha value is -0.330. The molecule has 5 atom stereocenters. The Labute approximate surface area is 104 Å². The fourth-order valence-electron chi connectivity index (χ4n) is 6.61. The molecule has 5 aliphatic rings. The van der Waals surface area contributed by atoms with Crippen molar-refractivity contribution in [2.24, 2.45) is 28.6 Å². The molecule has 5 unspecified atom stereocenters. The molecular weight excluding hydrogens is 208 g/mol. The minimum Gasteiger partial charge on any atom is -0.299 e. The standard InChI is InChI=1S/C16H24O/c1-11(17)16-8-12-6-13(9-16)14-4-2-3-5-15(14,7-12)10-16/h12-14H,2-10H2,1H3. The second kappa shape index (κ2) is 3.16. The van der Waals surface area contributed by atoms with E-state index < -0.39 is 0 Å². The van der Waals surface area contributed by atoms with Crippen LogP contribution in [0.4, 0.5) is 0 Å². The van der Waals surface area contributed by atoms with Gasteiger partial charge in [0.15, 0.2) is 0 Å². The minimum absolute atomic E-state index is 0.139. The van der Waals surface area contributed by atoms with Crippen LogP contribution < -0.4 is 0 Å². The molecule has 0 heterocycles. The zero-order valence-corrected chi connectivity index (χ0v) is 11.0. The molecule has 0 aromatic heterocycles. The van der Waals surface area contributed by atoms with Gasteiger partial charge in [-0.2, -0.15) is 0 Å². The van der Waals surface area contributed by atoms with Crippen LogP contribution in [0.25, 0.3) is 0 Å². The van der Waals surface area contributed by atoms with E-state index in [4.69, 9.17) is 0 Å². The maximum Gasteiger partial charge on any atom is 0.136 e. The van der Waals surface area contributed by atoms with Gasteiger partial charge < -0.3 is 0 Å². The van der Waals surface area contributed by atoms with Crippen LogP contribution in [-0.2, 0) is 4.79 Å². The molecule has 1 nitrogen and oxygen atoms in total. The van der Waals surface area contributed by atoms with Crippen LogP contribution in [0.3, 0.4) is 0 Å². The number of carbonyl (C=O) groups is 1. The molecule has 0 amide bonds. The van der Waals surface area contributed by atoms with Crippen LogP contribution in [0.5, 0.6) is 0 Å². The zero-order chi connectivity index (χ0) is 11.7. The molecule has 4 bridgehead atoms. The van der Waals surface area contributed by atoms with Crippen LogP contribution in [0.2, 0.25) is 0 Å². The average Bonchev–Trinajstić information content (AvgIpc) is 2.27. The second-order valence-corrected chi connectivity index (χ2v) is 7.70. The van der Waals surface area contributed by atoms with Crippen molar-refractivity contribution >= 4 is 5.78 Å². The highest BCUT2D eigenvalue weighted by Crippen LogP contribution is 2.71. The molecule has 0 aliphatic heterocycles. The molecule has 5 saturated carbocycles.